The normalized spacial score (nSPS) is 12.2. The van der Waals surface area contributed by atoms with Crippen molar-refractivity contribution in [2.45, 2.75) is 12.9 Å². The van der Waals surface area contributed by atoms with Crippen LogP contribution in [-0.4, -0.2) is 25.7 Å². The van der Waals surface area contributed by atoms with E-state index in [4.69, 9.17) is 5.73 Å². The SMILES string of the molecule is NC(=O)/C(=C\n1cnc(-c2cc(CF)cc(C(F)(F)F)c2)n1)c1ccncc1. The average Bonchev–Trinajstić information content (AvgIpc) is 3.14. The van der Waals surface area contributed by atoms with Crippen LogP contribution in [-0.2, 0) is 17.6 Å². The quantitative estimate of drug-likeness (QED) is 0.534. The maximum atomic E-state index is 13.0. The maximum absolute atomic E-state index is 13.0. The highest BCUT2D eigenvalue weighted by Crippen LogP contribution is 2.33. The molecule has 0 aliphatic heterocycles. The molecule has 1 amide bonds. The third-order valence-corrected chi connectivity index (χ3v) is 3.76. The molecule has 0 spiro atoms. The Hall–Kier alpha value is -3.56. The van der Waals surface area contributed by atoms with Crippen LogP contribution in [0.3, 0.4) is 0 Å². The number of hydrogen-bond acceptors (Lipinski definition) is 4. The summed E-state index contributed by atoms with van der Waals surface area (Å²) in [6.07, 6.45) is 0.801. The van der Waals surface area contributed by atoms with Gasteiger partial charge in [-0.2, -0.15) is 13.2 Å². The first-order chi connectivity index (χ1) is 13.3. The highest BCUT2D eigenvalue weighted by atomic mass is 19.4. The molecule has 0 saturated heterocycles. The Labute approximate surface area is 156 Å². The van der Waals surface area contributed by atoms with Crippen LogP contribution in [0.2, 0.25) is 0 Å². The molecule has 0 unspecified atom stereocenters. The number of alkyl halides is 4. The van der Waals surface area contributed by atoms with Gasteiger partial charge in [0.05, 0.1) is 11.1 Å². The first kappa shape index (κ1) is 19.2. The number of rotatable bonds is 5. The number of carbonyl (C=O) groups is 1. The van der Waals surface area contributed by atoms with Gasteiger partial charge in [-0.1, -0.05) is 0 Å². The minimum atomic E-state index is -4.64. The van der Waals surface area contributed by atoms with Gasteiger partial charge in [0.1, 0.15) is 13.0 Å². The highest BCUT2D eigenvalue weighted by molar-refractivity contribution is 6.22. The van der Waals surface area contributed by atoms with Crippen LogP contribution in [0, 0.1) is 0 Å². The third-order valence-electron chi connectivity index (χ3n) is 3.76. The van der Waals surface area contributed by atoms with Crippen molar-refractivity contribution in [2.24, 2.45) is 5.73 Å². The van der Waals surface area contributed by atoms with Gasteiger partial charge in [0.15, 0.2) is 5.82 Å². The molecule has 2 heterocycles. The molecule has 1 aromatic carbocycles. The van der Waals surface area contributed by atoms with Crippen LogP contribution in [0.15, 0.2) is 49.1 Å². The largest absolute Gasteiger partial charge is 0.416 e. The molecule has 0 bridgehead atoms. The van der Waals surface area contributed by atoms with E-state index in [-0.39, 0.29) is 22.5 Å². The van der Waals surface area contributed by atoms with Crippen molar-refractivity contribution in [3.05, 3.63) is 65.7 Å². The Bertz CT molecular complexity index is 1030. The molecule has 0 radical (unpaired) electrons. The number of nitrogens with zero attached hydrogens (tertiary/aromatic N) is 4. The van der Waals surface area contributed by atoms with Gasteiger partial charge in [-0.25, -0.2) is 14.1 Å². The van der Waals surface area contributed by atoms with Crippen molar-refractivity contribution in [3.63, 3.8) is 0 Å². The fraction of sp³-hybridized carbons (Fsp3) is 0.111. The lowest BCUT2D eigenvalue weighted by Crippen LogP contribution is -2.13. The van der Waals surface area contributed by atoms with Crippen LogP contribution in [0.4, 0.5) is 17.6 Å². The number of halogens is 4. The molecule has 3 rings (SSSR count). The smallest absolute Gasteiger partial charge is 0.366 e. The summed E-state index contributed by atoms with van der Waals surface area (Å²) < 4.78 is 53.2. The Morgan fingerprint density at radius 3 is 2.50 bits per heavy atom. The van der Waals surface area contributed by atoms with Crippen molar-refractivity contribution in [1.82, 2.24) is 19.7 Å². The van der Waals surface area contributed by atoms with Gasteiger partial charge in [0.25, 0.3) is 5.91 Å². The van der Waals surface area contributed by atoms with E-state index in [0.717, 1.165) is 16.8 Å². The Kier molecular flexibility index (Phi) is 5.21. The third kappa shape index (κ3) is 4.22. The molecule has 0 atom stereocenters. The van der Waals surface area contributed by atoms with E-state index in [2.05, 4.69) is 15.1 Å². The first-order valence-corrected chi connectivity index (χ1v) is 7.88. The molecule has 144 valence electrons. The fourth-order valence-electron chi connectivity index (χ4n) is 2.48. The van der Waals surface area contributed by atoms with Gasteiger partial charge in [0.2, 0.25) is 0 Å². The molecule has 0 fully saturated rings. The van der Waals surface area contributed by atoms with E-state index in [1.54, 1.807) is 12.1 Å². The predicted octanol–water partition coefficient (Wildman–Crippen LogP) is 3.31. The van der Waals surface area contributed by atoms with Gasteiger partial charge >= 0.3 is 6.18 Å². The molecule has 28 heavy (non-hydrogen) atoms. The van der Waals surface area contributed by atoms with E-state index in [1.807, 2.05) is 0 Å². The van der Waals surface area contributed by atoms with Gasteiger partial charge in [0, 0.05) is 24.2 Å². The molecule has 3 aromatic rings. The zero-order chi connectivity index (χ0) is 20.3. The monoisotopic (exact) mass is 391 g/mol. The Morgan fingerprint density at radius 2 is 1.89 bits per heavy atom. The number of amides is 1. The first-order valence-electron chi connectivity index (χ1n) is 7.88. The molecule has 2 aromatic heterocycles. The minimum Gasteiger partial charge on any atom is -0.366 e. The summed E-state index contributed by atoms with van der Waals surface area (Å²) in [5.41, 5.74) is 4.82. The number of hydrogen-bond donors (Lipinski definition) is 1. The molecular weight excluding hydrogens is 378 g/mol. The predicted molar refractivity (Wildman–Crippen MR) is 92.9 cm³/mol. The zero-order valence-corrected chi connectivity index (χ0v) is 14.2. The van der Waals surface area contributed by atoms with Crippen molar-refractivity contribution in [1.29, 1.82) is 0 Å². The topological polar surface area (TPSA) is 86.7 Å². The molecule has 0 aliphatic carbocycles. The van der Waals surface area contributed by atoms with Crippen molar-refractivity contribution in [3.8, 4) is 11.4 Å². The maximum Gasteiger partial charge on any atom is 0.416 e. The summed E-state index contributed by atoms with van der Waals surface area (Å²) >= 11 is 0. The van der Waals surface area contributed by atoms with Crippen LogP contribution >= 0.6 is 0 Å². The highest BCUT2D eigenvalue weighted by Gasteiger charge is 2.31. The van der Waals surface area contributed by atoms with Gasteiger partial charge in [-0.05, 0) is 41.5 Å². The second-order valence-corrected chi connectivity index (χ2v) is 5.74. The number of carbonyl (C=O) groups excluding carboxylic acids is 1. The lowest BCUT2D eigenvalue weighted by atomic mass is 10.1. The number of aromatic nitrogens is 4. The van der Waals surface area contributed by atoms with Crippen LogP contribution in [0.25, 0.3) is 23.2 Å². The standard InChI is InChI=1S/C18H13F4N5O/c19-8-11-5-13(7-14(6-11)18(20,21)22)17-25-10-27(26-17)9-15(16(23)28)12-1-3-24-4-2-12/h1-7,9-10H,8H2,(H2,23,28)/b15-9-. The zero-order valence-electron chi connectivity index (χ0n) is 14.2. The number of nitrogens with two attached hydrogens (primary N) is 1. The van der Waals surface area contributed by atoms with Gasteiger partial charge in [-0.15, -0.1) is 5.10 Å². The molecule has 0 aliphatic rings. The fourth-order valence-corrected chi connectivity index (χ4v) is 2.48. The summed E-state index contributed by atoms with van der Waals surface area (Å²) in [4.78, 5) is 19.5. The van der Waals surface area contributed by atoms with E-state index in [0.29, 0.717) is 5.56 Å². The van der Waals surface area contributed by atoms with E-state index < -0.39 is 24.3 Å². The molecule has 0 saturated carbocycles. The second-order valence-electron chi connectivity index (χ2n) is 5.74. The van der Waals surface area contributed by atoms with Gasteiger partial charge in [-0.3, -0.25) is 9.78 Å². The van der Waals surface area contributed by atoms with Crippen molar-refractivity contribution >= 4 is 17.7 Å². The van der Waals surface area contributed by atoms with Crippen molar-refractivity contribution in [2.75, 3.05) is 0 Å². The van der Waals surface area contributed by atoms with Crippen LogP contribution in [0.5, 0.6) is 0 Å². The molecule has 2 N–H and O–H groups in total. The number of benzene rings is 1. The van der Waals surface area contributed by atoms with E-state index in [1.165, 1.54) is 31.0 Å². The van der Waals surface area contributed by atoms with Crippen molar-refractivity contribution < 1.29 is 22.4 Å². The summed E-state index contributed by atoms with van der Waals surface area (Å²) in [5, 5.41) is 4.04. The number of primary amides is 1. The van der Waals surface area contributed by atoms with Crippen LogP contribution in [0.1, 0.15) is 16.7 Å². The molecular formula is C18H13F4N5O. The van der Waals surface area contributed by atoms with E-state index in [9.17, 15) is 22.4 Å². The number of pyridine rings is 1. The molecule has 6 nitrogen and oxygen atoms in total. The van der Waals surface area contributed by atoms with Gasteiger partial charge < -0.3 is 5.73 Å². The van der Waals surface area contributed by atoms with Crippen LogP contribution < -0.4 is 5.73 Å². The summed E-state index contributed by atoms with van der Waals surface area (Å²) in [6, 6.07) is 5.93. The van der Waals surface area contributed by atoms with E-state index >= 15 is 0 Å². The lowest BCUT2D eigenvalue weighted by molar-refractivity contribution is -0.137. The Morgan fingerprint density at radius 1 is 1.18 bits per heavy atom. The summed E-state index contributed by atoms with van der Waals surface area (Å²) in [5.74, 6) is -0.794. The average molecular weight is 391 g/mol. The Balaban J connectivity index is 2.01. The lowest BCUT2D eigenvalue weighted by Gasteiger charge is -2.09. The summed E-state index contributed by atoms with van der Waals surface area (Å²) in [6.45, 7) is -1.06. The summed E-state index contributed by atoms with van der Waals surface area (Å²) in [7, 11) is 0. The minimum absolute atomic E-state index is 0.000777. The molecule has 10 heteroatoms. The second kappa shape index (κ2) is 7.59.